The van der Waals surface area contributed by atoms with Gasteiger partial charge in [-0.2, -0.15) is 0 Å². The molecule has 0 aliphatic heterocycles. The van der Waals surface area contributed by atoms with Crippen molar-refractivity contribution in [2.75, 3.05) is 6.26 Å². The molecule has 0 fully saturated rings. The Morgan fingerprint density at radius 2 is 2.08 bits per heavy atom. The fraction of sp³-hybridized carbons (Fsp3) is 0.143. The first-order valence-corrected chi connectivity index (χ1v) is 5.09. The van der Waals surface area contributed by atoms with E-state index in [0.717, 1.165) is 6.26 Å². The maximum absolute atomic E-state index is 10.9. The van der Waals surface area contributed by atoms with Crippen LogP contribution in [0.2, 0.25) is 0 Å². The lowest BCUT2D eigenvalue weighted by Crippen LogP contribution is -2.01. The van der Waals surface area contributed by atoms with Crippen LogP contribution in [0.1, 0.15) is 5.69 Å². The minimum Gasteiger partial charge on any atom is -0.222 e. The highest BCUT2D eigenvalue weighted by Gasteiger charge is 2.07. The maximum atomic E-state index is 10.9. The van der Waals surface area contributed by atoms with Gasteiger partial charge in [0.25, 0.3) is 0 Å². The first-order valence-electron chi connectivity index (χ1n) is 3.20. The number of hydrogen-bond acceptors (Lipinski definition) is 4. The number of aromatic nitrogens is 2. The molecule has 0 spiro atoms. The normalized spacial score (nSPS) is 11.1. The molecule has 0 N–H and O–H groups in total. The van der Waals surface area contributed by atoms with Crippen LogP contribution in [0.3, 0.4) is 0 Å². The van der Waals surface area contributed by atoms with Gasteiger partial charge in [0.05, 0.1) is 5.69 Å². The number of hydrogen-bond donors (Lipinski definition) is 0. The van der Waals surface area contributed by atoms with Crippen molar-refractivity contribution in [3.05, 3.63) is 24.4 Å². The van der Waals surface area contributed by atoms with E-state index in [9.17, 15) is 8.42 Å². The zero-order chi connectivity index (χ0) is 9.19. The highest BCUT2D eigenvalue weighted by Crippen LogP contribution is 2.03. The molecular weight excluding hydrogens is 176 g/mol. The zero-order valence-corrected chi connectivity index (χ0v) is 7.37. The molecule has 0 aliphatic rings. The molecule has 0 atom stereocenters. The summed E-state index contributed by atoms with van der Waals surface area (Å²) in [5.74, 6) is 0. The fourth-order valence-electron chi connectivity index (χ4n) is 0.637. The molecule has 64 valence electrons. The first-order chi connectivity index (χ1) is 5.54. The van der Waals surface area contributed by atoms with Crippen LogP contribution in [0, 0.1) is 0 Å². The Morgan fingerprint density at radius 1 is 1.42 bits per heavy atom. The molecule has 0 radical (unpaired) electrons. The van der Waals surface area contributed by atoms with E-state index in [4.69, 9.17) is 0 Å². The average Bonchev–Trinajstić information content (AvgIpc) is 2.03. The third-order valence-corrected chi connectivity index (χ3v) is 2.23. The lowest BCUT2D eigenvalue weighted by atomic mass is 10.4. The second-order valence-electron chi connectivity index (χ2n) is 2.27. The molecule has 0 bridgehead atoms. The van der Waals surface area contributed by atoms with Crippen LogP contribution in [0.25, 0.3) is 6.08 Å². The van der Waals surface area contributed by atoms with Crippen molar-refractivity contribution in [1.29, 1.82) is 0 Å². The Morgan fingerprint density at radius 3 is 2.42 bits per heavy atom. The van der Waals surface area contributed by atoms with Gasteiger partial charge in [0.15, 0.2) is 14.9 Å². The maximum Gasteiger partial charge on any atom is 0.194 e. The van der Waals surface area contributed by atoms with Crippen LogP contribution in [-0.4, -0.2) is 24.9 Å². The Hall–Kier alpha value is -1.23. The molecule has 0 amide bonds. The second-order valence-corrected chi connectivity index (χ2v) is 4.24. The summed E-state index contributed by atoms with van der Waals surface area (Å²) in [6.07, 6.45) is 2.59. The highest BCUT2D eigenvalue weighted by molar-refractivity contribution is 7.90. The van der Waals surface area contributed by atoms with E-state index in [1.54, 1.807) is 6.07 Å². The minimum absolute atomic E-state index is 0.0203. The van der Waals surface area contributed by atoms with Gasteiger partial charge < -0.3 is 0 Å². The molecular formula is C7H8N2O2S. The Bertz CT molecular complexity index is 380. The van der Waals surface area contributed by atoms with Gasteiger partial charge >= 0.3 is 0 Å². The molecule has 4 nitrogen and oxygen atoms in total. The van der Waals surface area contributed by atoms with Gasteiger partial charge in [-0.3, -0.25) is 0 Å². The van der Waals surface area contributed by atoms with Gasteiger partial charge in [0.1, 0.15) is 0 Å². The molecule has 12 heavy (non-hydrogen) atoms. The van der Waals surface area contributed by atoms with Crippen LogP contribution in [0.4, 0.5) is 0 Å². The number of sulfone groups is 1. The predicted molar refractivity (Wildman–Crippen MR) is 45.2 cm³/mol. The summed E-state index contributed by atoms with van der Waals surface area (Å²) in [4.78, 5) is 0. The van der Waals surface area contributed by atoms with Crippen molar-refractivity contribution in [1.82, 2.24) is 10.2 Å². The molecule has 0 unspecified atom stereocenters. The van der Waals surface area contributed by atoms with Gasteiger partial charge in [0.2, 0.25) is 0 Å². The molecule has 5 heteroatoms. The molecule has 0 aromatic carbocycles. The SMILES string of the molecule is C=Cc1ccc(S(C)(=O)=O)nn1. The Balaban J connectivity index is 3.17. The van der Waals surface area contributed by atoms with E-state index >= 15 is 0 Å². The molecule has 1 aromatic heterocycles. The Labute approximate surface area is 70.9 Å². The van der Waals surface area contributed by atoms with Crippen LogP contribution in [0.5, 0.6) is 0 Å². The molecule has 0 saturated heterocycles. The number of rotatable bonds is 2. The van der Waals surface area contributed by atoms with Gasteiger partial charge in [0, 0.05) is 6.26 Å². The highest BCUT2D eigenvalue weighted by atomic mass is 32.2. The van der Waals surface area contributed by atoms with Gasteiger partial charge in [-0.25, -0.2) is 8.42 Å². The van der Waals surface area contributed by atoms with Crippen molar-refractivity contribution >= 4 is 15.9 Å². The van der Waals surface area contributed by atoms with E-state index in [-0.39, 0.29) is 5.03 Å². The van der Waals surface area contributed by atoms with Crippen molar-refractivity contribution in [3.8, 4) is 0 Å². The minimum atomic E-state index is -3.24. The van der Waals surface area contributed by atoms with Crippen LogP contribution >= 0.6 is 0 Å². The van der Waals surface area contributed by atoms with Crippen molar-refractivity contribution in [3.63, 3.8) is 0 Å². The summed E-state index contributed by atoms with van der Waals surface area (Å²) in [5, 5.41) is 7.11. The summed E-state index contributed by atoms with van der Waals surface area (Å²) in [5.41, 5.74) is 0.558. The smallest absolute Gasteiger partial charge is 0.194 e. The van der Waals surface area contributed by atoms with Gasteiger partial charge in [-0.1, -0.05) is 6.58 Å². The van der Waals surface area contributed by atoms with E-state index < -0.39 is 9.84 Å². The Kier molecular flexibility index (Phi) is 2.23. The average molecular weight is 184 g/mol. The van der Waals surface area contributed by atoms with Crippen LogP contribution < -0.4 is 0 Å². The number of nitrogens with zero attached hydrogens (tertiary/aromatic N) is 2. The standard InChI is InChI=1S/C7H8N2O2S/c1-3-6-4-5-7(9-8-6)12(2,10)11/h3-5H,1H2,2H3. The lowest BCUT2D eigenvalue weighted by Gasteiger charge is -1.94. The quantitative estimate of drug-likeness (QED) is 0.672. The van der Waals surface area contributed by atoms with Crippen molar-refractivity contribution in [2.45, 2.75) is 5.03 Å². The summed E-state index contributed by atoms with van der Waals surface area (Å²) < 4.78 is 21.8. The third-order valence-electron chi connectivity index (χ3n) is 1.25. The monoisotopic (exact) mass is 184 g/mol. The van der Waals surface area contributed by atoms with E-state index in [0.29, 0.717) is 5.69 Å². The molecule has 1 rings (SSSR count). The van der Waals surface area contributed by atoms with Gasteiger partial charge in [-0.05, 0) is 18.2 Å². The molecule has 1 aromatic rings. The zero-order valence-electron chi connectivity index (χ0n) is 6.56. The molecule has 1 heterocycles. The molecule has 0 saturated carbocycles. The summed E-state index contributed by atoms with van der Waals surface area (Å²) in [6, 6.07) is 2.95. The predicted octanol–water partition coefficient (Wildman–Crippen LogP) is 0.523. The van der Waals surface area contributed by atoms with Gasteiger partial charge in [-0.15, -0.1) is 10.2 Å². The van der Waals surface area contributed by atoms with Crippen LogP contribution in [-0.2, 0) is 9.84 Å². The summed E-state index contributed by atoms with van der Waals surface area (Å²) in [6.45, 7) is 3.47. The molecule has 0 aliphatic carbocycles. The first kappa shape index (κ1) is 8.86. The van der Waals surface area contributed by atoms with E-state index in [2.05, 4.69) is 16.8 Å². The summed E-state index contributed by atoms with van der Waals surface area (Å²) in [7, 11) is -3.24. The lowest BCUT2D eigenvalue weighted by molar-refractivity contribution is 0.596. The largest absolute Gasteiger partial charge is 0.222 e. The third kappa shape index (κ3) is 1.88. The van der Waals surface area contributed by atoms with Crippen molar-refractivity contribution in [2.24, 2.45) is 0 Å². The van der Waals surface area contributed by atoms with E-state index in [1.807, 2.05) is 0 Å². The fourth-order valence-corrected chi connectivity index (χ4v) is 1.14. The summed E-state index contributed by atoms with van der Waals surface area (Å²) >= 11 is 0. The topological polar surface area (TPSA) is 59.9 Å². The van der Waals surface area contributed by atoms with Crippen LogP contribution in [0.15, 0.2) is 23.7 Å². The van der Waals surface area contributed by atoms with Crippen molar-refractivity contribution < 1.29 is 8.42 Å². The second kappa shape index (κ2) is 3.02. The van der Waals surface area contributed by atoms with E-state index in [1.165, 1.54) is 12.1 Å².